The second-order valence-electron chi connectivity index (χ2n) is 8.33. The summed E-state index contributed by atoms with van der Waals surface area (Å²) in [5.41, 5.74) is 4.39. The van der Waals surface area contributed by atoms with E-state index in [-0.39, 0.29) is 17.4 Å². The molecular weight excluding hydrogens is 394 g/mol. The van der Waals surface area contributed by atoms with Crippen LogP contribution in [-0.4, -0.2) is 28.5 Å². The summed E-state index contributed by atoms with van der Waals surface area (Å²) >= 11 is 6.25. The number of hydrogen-bond acceptors (Lipinski definition) is 2. The minimum atomic E-state index is -0.157. The van der Waals surface area contributed by atoms with E-state index in [0.717, 1.165) is 54.3 Å². The maximum absolute atomic E-state index is 13.3. The smallest absolute Gasteiger partial charge is 0.230 e. The van der Waals surface area contributed by atoms with Crippen LogP contribution in [0.2, 0.25) is 5.02 Å². The topological polar surface area (TPSA) is 37.3 Å². The summed E-state index contributed by atoms with van der Waals surface area (Å²) < 4.78 is 2.24. The van der Waals surface area contributed by atoms with E-state index in [1.165, 1.54) is 5.69 Å². The number of aromatic nitrogens is 1. The summed E-state index contributed by atoms with van der Waals surface area (Å²) in [6, 6.07) is 20.4. The molecule has 1 saturated heterocycles. The average molecular weight is 420 g/mol. The molecule has 0 radical (unpaired) electrons. The van der Waals surface area contributed by atoms with Crippen molar-refractivity contribution in [1.29, 1.82) is 0 Å². The van der Waals surface area contributed by atoms with Crippen molar-refractivity contribution in [3.05, 3.63) is 83.1 Å². The maximum Gasteiger partial charge on any atom is 0.230 e. The van der Waals surface area contributed by atoms with Crippen molar-refractivity contribution < 1.29 is 4.79 Å². The lowest BCUT2D eigenvalue weighted by Gasteiger charge is -2.46. The number of nitrogens with one attached hydrogen (secondary N) is 1. The van der Waals surface area contributed by atoms with Gasteiger partial charge in [0.2, 0.25) is 5.91 Å². The van der Waals surface area contributed by atoms with E-state index < -0.39 is 0 Å². The fraction of sp³-hybridized carbons (Fsp3) is 0.320. The Morgan fingerprint density at radius 2 is 1.87 bits per heavy atom. The normalized spacial score (nSPS) is 17.7. The van der Waals surface area contributed by atoms with Crippen molar-refractivity contribution in [3.63, 3.8) is 0 Å². The molecule has 1 N–H and O–H groups in total. The van der Waals surface area contributed by atoms with Gasteiger partial charge in [-0.2, -0.15) is 0 Å². The van der Waals surface area contributed by atoms with Crippen LogP contribution in [0.15, 0.2) is 66.9 Å². The molecule has 3 heterocycles. The van der Waals surface area contributed by atoms with Gasteiger partial charge in [-0.3, -0.25) is 4.79 Å². The SMILES string of the molecule is CCC(C(=O)N1CCC2(CC1)Nc1ccc(Cl)cc1-n1cccc12)c1ccccc1. The molecule has 2 aromatic carbocycles. The summed E-state index contributed by atoms with van der Waals surface area (Å²) in [7, 11) is 0. The first-order valence-corrected chi connectivity index (χ1v) is 11.1. The quantitative estimate of drug-likeness (QED) is 0.602. The second kappa shape index (κ2) is 7.51. The zero-order valence-electron chi connectivity index (χ0n) is 17.1. The Bertz CT molecular complexity index is 1070. The number of likely N-dealkylation sites (tertiary alicyclic amines) is 1. The number of amides is 1. The Balaban J connectivity index is 1.38. The highest BCUT2D eigenvalue weighted by molar-refractivity contribution is 6.30. The van der Waals surface area contributed by atoms with Gasteiger partial charge in [-0.05, 0) is 55.2 Å². The second-order valence-corrected chi connectivity index (χ2v) is 8.77. The van der Waals surface area contributed by atoms with Gasteiger partial charge in [0.25, 0.3) is 0 Å². The molecule has 1 amide bonds. The predicted molar refractivity (Wildman–Crippen MR) is 121 cm³/mol. The molecule has 0 bridgehead atoms. The van der Waals surface area contributed by atoms with Crippen LogP contribution in [0.1, 0.15) is 43.4 Å². The van der Waals surface area contributed by atoms with Gasteiger partial charge in [0, 0.05) is 30.0 Å². The Morgan fingerprint density at radius 1 is 1.10 bits per heavy atom. The van der Waals surface area contributed by atoms with Gasteiger partial charge < -0.3 is 14.8 Å². The fourth-order valence-corrected chi connectivity index (χ4v) is 5.23. The molecule has 1 fully saturated rings. The van der Waals surface area contributed by atoms with Gasteiger partial charge in [-0.1, -0.05) is 48.9 Å². The van der Waals surface area contributed by atoms with E-state index in [9.17, 15) is 4.79 Å². The monoisotopic (exact) mass is 419 g/mol. The van der Waals surface area contributed by atoms with Crippen LogP contribution < -0.4 is 5.32 Å². The Morgan fingerprint density at radius 3 is 2.60 bits per heavy atom. The molecule has 0 aliphatic carbocycles. The third kappa shape index (κ3) is 3.10. The van der Waals surface area contributed by atoms with Crippen molar-refractivity contribution in [2.75, 3.05) is 18.4 Å². The summed E-state index contributed by atoms with van der Waals surface area (Å²) in [5, 5.41) is 4.53. The molecule has 0 saturated carbocycles. The van der Waals surface area contributed by atoms with Crippen molar-refractivity contribution >= 4 is 23.2 Å². The van der Waals surface area contributed by atoms with Gasteiger partial charge in [0.05, 0.1) is 22.8 Å². The van der Waals surface area contributed by atoms with Gasteiger partial charge in [0.1, 0.15) is 0 Å². The third-order valence-corrected chi connectivity index (χ3v) is 6.90. The number of halogens is 1. The van der Waals surface area contributed by atoms with Gasteiger partial charge in [-0.15, -0.1) is 0 Å². The van der Waals surface area contributed by atoms with E-state index in [0.29, 0.717) is 0 Å². The lowest BCUT2D eigenvalue weighted by Crippen LogP contribution is -2.51. The van der Waals surface area contributed by atoms with Crippen LogP contribution in [0.4, 0.5) is 5.69 Å². The van der Waals surface area contributed by atoms with Gasteiger partial charge >= 0.3 is 0 Å². The minimum Gasteiger partial charge on any atom is -0.372 e. The summed E-state index contributed by atoms with van der Waals surface area (Å²) in [4.78, 5) is 15.4. The molecule has 3 aromatic rings. The summed E-state index contributed by atoms with van der Waals surface area (Å²) in [6.45, 7) is 3.60. The molecule has 4 nitrogen and oxygen atoms in total. The lowest BCUT2D eigenvalue weighted by atomic mass is 9.81. The van der Waals surface area contributed by atoms with Crippen LogP contribution in [0.25, 0.3) is 5.69 Å². The summed E-state index contributed by atoms with van der Waals surface area (Å²) in [5.74, 6) is 0.184. The number of anilines is 1. The molecule has 154 valence electrons. The van der Waals surface area contributed by atoms with E-state index >= 15 is 0 Å². The first-order valence-electron chi connectivity index (χ1n) is 10.7. The Labute approximate surface area is 182 Å². The summed E-state index contributed by atoms with van der Waals surface area (Å²) in [6.07, 6.45) is 4.69. The van der Waals surface area contributed by atoms with Crippen LogP contribution in [-0.2, 0) is 10.3 Å². The molecule has 1 atom stereocenters. The molecule has 5 rings (SSSR count). The Kier molecular flexibility index (Phi) is 4.82. The van der Waals surface area contributed by atoms with Crippen molar-refractivity contribution in [1.82, 2.24) is 9.47 Å². The molecule has 1 unspecified atom stereocenters. The molecule has 2 aliphatic rings. The van der Waals surface area contributed by atoms with Crippen LogP contribution in [0, 0.1) is 0 Å². The van der Waals surface area contributed by atoms with E-state index in [4.69, 9.17) is 11.6 Å². The highest BCUT2D eigenvalue weighted by atomic mass is 35.5. The number of fused-ring (bicyclic) bond motifs is 4. The predicted octanol–water partition coefficient (Wildman–Crippen LogP) is 5.57. The number of carbonyl (C=O) groups excluding carboxylic acids is 1. The number of hydrogen-bond donors (Lipinski definition) is 1. The molecule has 30 heavy (non-hydrogen) atoms. The first-order chi connectivity index (χ1) is 14.6. The molecule has 2 aliphatic heterocycles. The Hall–Kier alpha value is -2.72. The largest absolute Gasteiger partial charge is 0.372 e. The standard InChI is InChI=1S/C25H26ClN3O/c1-2-20(18-7-4-3-5-8-18)24(30)28-15-12-25(13-16-28)23-9-6-14-29(23)22-17-19(26)10-11-21(22)27-25/h3-11,14,17,20,27H,2,12-13,15-16H2,1H3. The lowest BCUT2D eigenvalue weighted by molar-refractivity contribution is -0.134. The molecular formula is C25H26ClN3O. The fourth-order valence-electron chi connectivity index (χ4n) is 5.06. The minimum absolute atomic E-state index is 0.0636. The van der Waals surface area contributed by atoms with Crippen LogP contribution in [0.5, 0.6) is 0 Å². The molecule has 1 aromatic heterocycles. The van der Waals surface area contributed by atoms with E-state index in [2.05, 4.69) is 58.2 Å². The molecule has 1 spiro atoms. The maximum atomic E-state index is 13.3. The number of benzene rings is 2. The van der Waals surface area contributed by atoms with Crippen molar-refractivity contribution in [2.45, 2.75) is 37.6 Å². The highest BCUT2D eigenvalue weighted by Gasteiger charge is 2.43. The first kappa shape index (κ1) is 19.3. The highest BCUT2D eigenvalue weighted by Crippen LogP contribution is 2.44. The van der Waals surface area contributed by atoms with Crippen LogP contribution in [0.3, 0.4) is 0 Å². The van der Waals surface area contributed by atoms with E-state index in [1.807, 2.05) is 30.3 Å². The van der Waals surface area contributed by atoms with Gasteiger partial charge in [-0.25, -0.2) is 0 Å². The number of piperidine rings is 1. The van der Waals surface area contributed by atoms with Crippen LogP contribution >= 0.6 is 11.6 Å². The van der Waals surface area contributed by atoms with Crippen molar-refractivity contribution in [3.8, 4) is 5.69 Å². The zero-order chi connectivity index (χ0) is 20.7. The van der Waals surface area contributed by atoms with Crippen molar-refractivity contribution in [2.24, 2.45) is 0 Å². The zero-order valence-corrected chi connectivity index (χ0v) is 17.9. The number of carbonyl (C=O) groups is 1. The van der Waals surface area contributed by atoms with Gasteiger partial charge in [0.15, 0.2) is 0 Å². The van der Waals surface area contributed by atoms with E-state index in [1.54, 1.807) is 0 Å². The number of rotatable bonds is 3. The third-order valence-electron chi connectivity index (χ3n) is 6.67. The number of nitrogens with zero attached hydrogens (tertiary/aromatic N) is 2. The average Bonchev–Trinajstić information content (AvgIpc) is 3.28. The molecule has 5 heteroatoms.